The maximum atomic E-state index is 12.2. The third-order valence-corrected chi connectivity index (χ3v) is 6.56. The smallest absolute Gasteiger partial charge is 0.333 e. The summed E-state index contributed by atoms with van der Waals surface area (Å²) in [7, 11) is 0. The highest BCUT2D eigenvalue weighted by atomic mass is 16.6. The van der Waals surface area contributed by atoms with Crippen LogP contribution in [0.4, 0.5) is 0 Å². The highest BCUT2D eigenvalue weighted by molar-refractivity contribution is 5.87. The van der Waals surface area contributed by atoms with Crippen LogP contribution in [0.15, 0.2) is 12.2 Å². The van der Waals surface area contributed by atoms with E-state index < -0.39 is 0 Å². The monoisotopic (exact) mass is 290 g/mol. The molecule has 3 aliphatic carbocycles. The van der Waals surface area contributed by atoms with E-state index in [9.17, 15) is 4.79 Å². The quantitative estimate of drug-likeness (QED) is 0.529. The Balaban J connectivity index is 1.74. The summed E-state index contributed by atoms with van der Waals surface area (Å²) in [5.74, 6) is 0.434. The van der Waals surface area contributed by atoms with Gasteiger partial charge in [0, 0.05) is 5.57 Å². The Kier molecular flexibility index (Phi) is 4.16. The van der Waals surface area contributed by atoms with Crippen LogP contribution in [0.3, 0.4) is 0 Å². The van der Waals surface area contributed by atoms with E-state index in [2.05, 4.69) is 6.58 Å². The Morgan fingerprint density at radius 3 is 2.05 bits per heavy atom. The van der Waals surface area contributed by atoms with Crippen LogP contribution in [0.25, 0.3) is 0 Å². The van der Waals surface area contributed by atoms with Crippen LogP contribution in [0.5, 0.6) is 0 Å². The lowest BCUT2D eigenvalue weighted by atomic mass is 9.64. The van der Waals surface area contributed by atoms with E-state index in [1.807, 2.05) is 0 Å². The van der Waals surface area contributed by atoms with Gasteiger partial charge >= 0.3 is 5.97 Å². The molecule has 0 aromatic heterocycles. The molecule has 1 spiro atoms. The topological polar surface area (TPSA) is 26.3 Å². The van der Waals surface area contributed by atoms with Gasteiger partial charge < -0.3 is 4.74 Å². The van der Waals surface area contributed by atoms with Gasteiger partial charge in [0.15, 0.2) is 0 Å². The van der Waals surface area contributed by atoms with Crippen LogP contribution in [0.1, 0.15) is 84.0 Å². The maximum Gasteiger partial charge on any atom is 0.333 e. The second-order valence-corrected chi connectivity index (χ2v) is 7.92. The molecule has 3 fully saturated rings. The lowest BCUT2D eigenvalue weighted by molar-refractivity contribution is -0.170. The molecule has 0 aliphatic heterocycles. The first-order valence-electron chi connectivity index (χ1n) is 8.94. The fourth-order valence-corrected chi connectivity index (χ4v) is 5.15. The number of hydrogen-bond acceptors (Lipinski definition) is 2. The first-order valence-corrected chi connectivity index (χ1v) is 8.94. The minimum atomic E-state index is -0.166. The molecule has 0 heterocycles. The molecule has 0 amide bonds. The van der Waals surface area contributed by atoms with Crippen molar-refractivity contribution in [2.24, 2.45) is 11.3 Å². The van der Waals surface area contributed by atoms with Crippen LogP contribution >= 0.6 is 0 Å². The molecule has 0 saturated heterocycles. The fourth-order valence-electron chi connectivity index (χ4n) is 5.15. The second-order valence-electron chi connectivity index (χ2n) is 7.92. The second kappa shape index (κ2) is 5.78. The lowest BCUT2D eigenvalue weighted by Gasteiger charge is -2.47. The number of esters is 1. The van der Waals surface area contributed by atoms with Crippen molar-refractivity contribution in [1.82, 2.24) is 0 Å². The SMILES string of the molecule is C=C(C)C(=O)OC1(C2CCCC2)CCC2(CCCC2)CC1. The minimum Gasteiger partial charge on any atom is -0.455 e. The van der Waals surface area contributed by atoms with E-state index in [1.54, 1.807) is 6.92 Å². The molecular weight excluding hydrogens is 260 g/mol. The summed E-state index contributed by atoms with van der Waals surface area (Å²) in [5.41, 5.74) is 0.978. The van der Waals surface area contributed by atoms with E-state index in [4.69, 9.17) is 4.74 Å². The number of carbonyl (C=O) groups is 1. The molecule has 2 heteroatoms. The van der Waals surface area contributed by atoms with Crippen molar-refractivity contribution in [3.05, 3.63) is 12.2 Å². The predicted molar refractivity (Wildman–Crippen MR) is 85.0 cm³/mol. The summed E-state index contributed by atoms with van der Waals surface area (Å²) in [6.45, 7) is 5.54. The minimum absolute atomic E-state index is 0.163. The third kappa shape index (κ3) is 2.91. The van der Waals surface area contributed by atoms with Gasteiger partial charge in [-0.25, -0.2) is 4.79 Å². The molecule has 0 atom stereocenters. The first-order chi connectivity index (χ1) is 10.1. The van der Waals surface area contributed by atoms with Crippen molar-refractivity contribution in [3.63, 3.8) is 0 Å². The number of carbonyl (C=O) groups excluding carboxylic acids is 1. The van der Waals surface area contributed by atoms with Gasteiger partial charge in [-0.1, -0.05) is 32.3 Å². The van der Waals surface area contributed by atoms with Gasteiger partial charge in [0.25, 0.3) is 0 Å². The molecule has 0 N–H and O–H groups in total. The van der Waals surface area contributed by atoms with Gasteiger partial charge in [-0.2, -0.15) is 0 Å². The van der Waals surface area contributed by atoms with Crippen LogP contribution < -0.4 is 0 Å². The normalized spacial score (nSPS) is 27.9. The van der Waals surface area contributed by atoms with Crippen molar-refractivity contribution < 1.29 is 9.53 Å². The highest BCUT2D eigenvalue weighted by Gasteiger charge is 2.50. The van der Waals surface area contributed by atoms with Gasteiger partial charge in [-0.3, -0.25) is 0 Å². The van der Waals surface area contributed by atoms with Gasteiger partial charge in [0.05, 0.1) is 0 Å². The molecule has 118 valence electrons. The summed E-state index contributed by atoms with van der Waals surface area (Å²) in [6.07, 6.45) is 15.5. The van der Waals surface area contributed by atoms with Crippen LogP contribution in [-0.2, 0) is 9.53 Å². The Morgan fingerprint density at radius 1 is 0.952 bits per heavy atom. The van der Waals surface area contributed by atoms with Crippen molar-refractivity contribution in [1.29, 1.82) is 0 Å². The van der Waals surface area contributed by atoms with E-state index in [-0.39, 0.29) is 11.6 Å². The average molecular weight is 290 g/mol. The molecule has 0 aromatic rings. The zero-order valence-corrected chi connectivity index (χ0v) is 13.6. The highest BCUT2D eigenvalue weighted by Crippen LogP contribution is 2.55. The molecule has 0 radical (unpaired) electrons. The molecule has 3 saturated carbocycles. The van der Waals surface area contributed by atoms with Crippen molar-refractivity contribution in [3.8, 4) is 0 Å². The van der Waals surface area contributed by atoms with Crippen LogP contribution in [0.2, 0.25) is 0 Å². The summed E-state index contributed by atoms with van der Waals surface area (Å²) >= 11 is 0. The number of rotatable bonds is 3. The molecule has 0 unspecified atom stereocenters. The fraction of sp³-hybridized carbons (Fsp3) is 0.842. The molecule has 2 nitrogen and oxygen atoms in total. The lowest BCUT2D eigenvalue weighted by Crippen LogP contribution is -2.47. The molecule has 0 aromatic carbocycles. The molecule has 3 aliphatic rings. The number of ether oxygens (including phenoxy) is 1. The molecular formula is C19H30O2. The zero-order chi connectivity index (χ0) is 14.9. The Morgan fingerprint density at radius 2 is 1.52 bits per heavy atom. The van der Waals surface area contributed by atoms with Crippen LogP contribution in [0, 0.1) is 11.3 Å². The first kappa shape index (κ1) is 15.1. The maximum absolute atomic E-state index is 12.2. The summed E-state index contributed by atoms with van der Waals surface area (Å²) in [4.78, 5) is 12.2. The Labute approximate surface area is 129 Å². The molecule has 21 heavy (non-hydrogen) atoms. The average Bonchev–Trinajstić information content (AvgIpc) is 3.14. The third-order valence-electron chi connectivity index (χ3n) is 6.56. The van der Waals surface area contributed by atoms with Crippen molar-refractivity contribution in [2.45, 2.75) is 89.6 Å². The molecule has 0 bridgehead atoms. The van der Waals surface area contributed by atoms with Gasteiger partial charge in [-0.05, 0) is 69.6 Å². The largest absolute Gasteiger partial charge is 0.455 e. The Bertz CT molecular complexity index is 401. The summed E-state index contributed by atoms with van der Waals surface area (Å²) in [5, 5.41) is 0. The van der Waals surface area contributed by atoms with Gasteiger partial charge in [0.2, 0.25) is 0 Å². The van der Waals surface area contributed by atoms with Gasteiger partial charge in [0.1, 0.15) is 5.60 Å². The van der Waals surface area contributed by atoms with E-state index in [0.717, 1.165) is 12.8 Å². The van der Waals surface area contributed by atoms with E-state index >= 15 is 0 Å². The van der Waals surface area contributed by atoms with Crippen molar-refractivity contribution >= 4 is 5.97 Å². The zero-order valence-electron chi connectivity index (χ0n) is 13.6. The summed E-state index contributed by atoms with van der Waals surface area (Å²) < 4.78 is 6.09. The summed E-state index contributed by atoms with van der Waals surface area (Å²) in [6, 6.07) is 0. The van der Waals surface area contributed by atoms with Crippen LogP contribution in [-0.4, -0.2) is 11.6 Å². The van der Waals surface area contributed by atoms with Crippen molar-refractivity contribution in [2.75, 3.05) is 0 Å². The number of hydrogen-bond donors (Lipinski definition) is 0. The standard InChI is InChI=1S/C19H30O2/c1-15(2)17(20)21-19(16-7-3-4-8-16)13-11-18(12-14-19)9-5-6-10-18/h16H,1,3-14H2,2H3. The van der Waals surface area contributed by atoms with E-state index in [0.29, 0.717) is 16.9 Å². The Hall–Kier alpha value is -0.790. The van der Waals surface area contributed by atoms with E-state index in [1.165, 1.54) is 64.2 Å². The van der Waals surface area contributed by atoms with Gasteiger partial charge in [-0.15, -0.1) is 0 Å². The predicted octanol–water partition coefficient (Wildman–Crippen LogP) is 5.17. The molecule has 3 rings (SSSR count).